The highest BCUT2D eigenvalue weighted by molar-refractivity contribution is 7.81. The van der Waals surface area contributed by atoms with Crippen LogP contribution < -0.4 is 25.1 Å². The molecule has 0 bridgehead atoms. The van der Waals surface area contributed by atoms with Gasteiger partial charge >= 0.3 is 0 Å². The highest BCUT2D eigenvalue weighted by atomic mass is 32.1. The van der Waals surface area contributed by atoms with E-state index in [-0.39, 0.29) is 9.98 Å². The number of carbonyl (C=O) groups excluding carboxylic acids is 3. The van der Waals surface area contributed by atoms with Gasteiger partial charge in [0.15, 0.2) is 6.29 Å². The Bertz CT molecular complexity index is 1140. The third-order valence-electron chi connectivity index (χ3n) is 4.77. The number of aldehydes is 1. The molecule has 2 rings (SSSR count). The fourth-order valence-corrected chi connectivity index (χ4v) is 3.42. The maximum atomic E-state index is 12.4. The van der Waals surface area contributed by atoms with Crippen molar-refractivity contribution in [3.8, 4) is 17.2 Å². The van der Waals surface area contributed by atoms with E-state index in [1.54, 1.807) is 43.4 Å². The summed E-state index contributed by atoms with van der Waals surface area (Å²) >= 11 is 10.8. The Morgan fingerprint density at radius 2 is 1.31 bits per heavy atom. The third-order valence-corrected chi connectivity index (χ3v) is 5.76. The van der Waals surface area contributed by atoms with Crippen LogP contribution in [-0.2, 0) is 9.59 Å². The summed E-state index contributed by atoms with van der Waals surface area (Å²) in [6.07, 6.45) is 0.147. The Hall–Kier alpha value is -3.77. The Balaban J connectivity index is 2.00. The molecule has 35 heavy (non-hydrogen) atoms. The lowest BCUT2D eigenvalue weighted by molar-refractivity contribution is -0.132. The standard InChI is InChI=1S/C23H26N4O6S2/c1-26(22(34)17-10-15(31-3)7-6-14(17)13-28)24-20(29)12-21(30)25-27(2)23(35)18-11-16(32-4)8-9-19(18)33-5/h6-11,13H,12H2,1-5H3,(H,24,29)(H,25,30). The van der Waals surface area contributed by atoms with Crippen molar-refractivity contribution in [2.45, 2.75) is 6.42 Å². The van der Waals surface area contributed by atoms with Gasteiger partial charge in [-0.3, -0.25) is 35.3 Å². The number of carbonyl (C=O) groups is 3. The van der Waals surface area contributed by atoms with Gasteiger partial charge in [0.05, 0.1) is 26.9 Å². The van der Waals surface area contributed by atoms with E-state index in [0.717, 1.165) is 0 Å². The van der Waals surface area contributed by atoms with Gasteiger partial charge in [-0.1, -0.05) is 24.4 Å². The lowest BCUT2D eigenvalue weighted by Crippen LogP contribution is -2.47. The molecule has 0 unspecified atom stereocenters. The van der Waals surface area contributed by atoms with E-state index < -0.39 is 18.2 Å². The Morgan fingerprint density at radius 1 is 0.829 bits per heavy atom. The smallest absolute Gasteiger partial charge is 0.248 e. The summed E-state index contributed by atoms with van der Waals surface area (Å²) in [7, 11) is 7.56. The molecule has 2 aromatic rings. The van der Waals surface area contributed by atoms with Gasteiger partial charge in [0, 0.05) is 25.2 Å². The van der Waals surface area contributed by atoms with Crippen molar-refractivity contribution >= 4 is 52.5 Å². The second kappa shape index (κ2) is 12.6. The number of nitrogens with one attached hydrogen (secondary N) is 2. The minimum Gasteiger partial charge on any atom is -0.497 e. The maximum Gasteiger partial charge on any atom is 0.248 e. The molecular formula is C23H26N4O6S2. The predicted octanol–water partition coefficient (Wildman–Crippen LogP) is 1.89. The fourth-order valence-electron chi connectivity index (χ4n) is 2.99. The Kier molecular flexibility index (Phi) is 9.91. The number of hydrazine groups is 2. The van der Waals surface area contributed by atoms with Crippen LogP contribution in [0.3, 0.4) is 0 Å². The molecule has 0 aliphatic heterocycles. The number of nitrogens with zero attached hydrogens (tertiary/aromatic N) is 2. The molecule has 0 heterocycles. The molecule has 10 nitrogen and oxygen atoms in total. The van der Waals surface area contributed by atoms with E-state index in [0.29, 0.717) is 40.2 Å². The zero-order valence-electron chi connectivity index (χ0n) is 19.9. The van der Waals surface area contributed by atoms with Crippen LogP contribution in [0.1, 0.15) is 27.9 Å². The SMILES string of the molecule is COc1ccc(C=O)c(C(=S)N(C)NC(=O)CC(=O)NN(C)C(=S)c2cc(OC)ccc2OC)c1. The van der Waals surface area contributed by atoms with Gasteiger partial charge in [-0.05, 0) is 36.4 Å². The summed E-state index contributed by atoms with van der Waals surface area (Å²) in [5, 5.41) is 2.56. The topological polar surface area (TPSA) is 109 Å². The molecule has 0 radical (unpaired) electrons. The first-order valence-corrected chi connectivity index (χ1v) is 11.0. The first kappa shape index (κ1) is 27.5. The van der Waals surface area contributed by atoms with Gasteiger partial charge in [0.1, 0.15) is 33.6 Å². The number of thiocarbonyl (C=S) groups is 2. The van der Waals surface area contributed by atoms with Crippen LogP contribution in [0.15, 0.2) is 36.4 Å². The second-order valence-electron chi connectivity index (χ2n) is 7.11. The van der Waals surface area contributed by atoms with Crippen LogP contribution in [0.4, 0.5) is 0 Å². The van der Waals surface area contributed by atoms with Crippen LogP contribution in [-0.4, -0.2) is 73.5 Å². The summed E-state index contributed by atoms with van der Waals surface area (Å²) in [4.78, 5) is 36.7. The van der Waals surface area contributed by atoms with Crippen LogP contribution in [0.2, 0.25) is 0 Å². The van der Waals surface area contributed by atoms with Gasteiger partial charge in [0.25, 0.3) is 0 Å². The summed E-state index contributed by atoms with van der Waals surface area (Å²) in [6, 6.07) is 9.87. The predicted molar refractivity (Wildman–Crippen MR) is 138 cm³/mol. The van der Waals surface area contributed by atoms with Gasteiger partial charge in [-0.2, -0.15) is 0 Å². The number of amides is 2. The van der Waals surface area contributed by atoms with E-state index in [4.69, 9.17) is 38.6 Å². The molecule has 0 atom stereocenters. The van der Waals surface area contributed by atoms with Gasteiger partial charge in [-0.15, -0.1) is 0 Å². The average molecular weight is 519 g/mol. The van der Waals surface area contributed by atoms with E-state index in [2.05, 4.69) is 10.9 Å². The number of ether oxygens (including phenoxy) is 3. The summed E-state index contributed by atoms with van der Waals surface area (Å²) in [5.41, 5.74) is 6.32. The molecule has 0 aromatic heterocycles. The van der Waals surface area contributed by atoms with Crippen LogP contribution >= 0.6 is 24.4 Å². The molecule has 2 aromatic carbocycles. The monoisotopic (exact) mass is 518 g/mol. The molecular weight excluding hydrogens is 492 g/mol. The van der Waals surface area contributed by atoms with E-state index in [1.165, 1.54) is 38.4 Å². The quantitative estimate of drug-likeness (QED) is 0.233. The van der Waals surface area contributed by atoms with Gasteiger partial charge in [-0.25, -0.2) is 0 Å². The van der Waals surface area contributed by atoms with Crippen molar-refractivity contribution in [3.63, 3.8) is 0 Å². The van der Waals surface area contributed by atoms with Gasteiger partial charge in [0.2, 0.25) is 11.8 Å². The molecule has 12 heteroatoms. The summed E-state index contributed by atoms with van der Waals surface area (Å²) in [5.74, 6) is 0.329. The number of methoxy groups -OCH3 is 3. The first-order valence-electron chi connectivity index (χ1n) is 10.2. The van der Waals surface area contributed by atoms with Crippen molar-refractivity contribution in [1.29, 1.82) is 0 Å². The van der Waals surface area contributed by atoms with Crippen molar-refractivity contribution < 1.29 is 28.6 Å². The molecule has 0 saturated carbocycles. The fraction of sp³-hybridized carbons (Fsp3) is 0.261. The largest absolute Gasteiger partial charge is 0.497 e. The van der Waals surface area contributed by atoms with Crippen molar-refractivity contribution in [2.75, 3.05) is 35.4 Å². The molecule has 0 saturated heterocycles. The minimum atomic E-state index is -0.624. The highest BCUT2D eigenvalue weighted by Gasteiger charge is 2.19. The molecule has 0 spiro atoms. The summed E-state index contributed by atoms with van der Waals surface area (Å²) in [6.45, 7) is 0. The van der Waals surface area contributed by atoms with Crippen LogP contribution in [0.25, 0.3) is 0 Å². The third kappa shape index (κ3) is 7.11. The van der Waals surface area contributed by atoms with Crippen molar-refractivity contribution in [3.05, 3.63) is 53.1 Å². The van der Waals surface area contributed by atoms with E-state index in [1.807, 2.05) is 0 Å². The molecule has 0 aliphatic carbocycles. The van der Waals surface area contributed by atoms with E-state index >= 15 is 0 Å². The zero-order valence-corrected chi connectivity index (χ0v) is 21.5. The summed E-state index contributed by atoms with van der Waals surface area (Å²) < 4.78 is 15.7. The molecule has 2 N–H and O–H groups in total. The molecule has 0 fully saturated rings. The van der Waals surface area contributed by atoms with E-state index in [9.17, 15) is 14.4 Å². The van der Waals surface area contributed by atoms with Crippen LogP contribution in [0, 0.1) is 0 Å². The van der Waals surface area contributed by atoms with Gasteiger partial charge < -0.3 is 14.2 Å². The zero-order chi connectivity index (χ0) is 26.1. The van der Waals surface area contributed by atoms with Crippen molar-refractivity contribution in [2.24, 2.45) is 0 Å². The molecule has 0 aliphatic rings. The van der Waals surface area contributed by atoms with Crippen LogP contribution in [0.5, 0.6) is 17.2 Å². The number of hydrogen-bond acceptors (Lipinski definition) is 8. The number of hydrogen-bond donors (Lipinski definition) is 2. The maximum absolute atomic E-state index is 12.4. The number of rotatable bonds is 8. The normalized spacial score (nSPS) is 9.97. The lowest BCUT2D eigenvalue weighted by atomic mass is 10.1. The Labute approximate surface area is 214 Å². The lowest BCUT2D eigenvalue weighted by Gasteiger charge is -2.24. The first-order chi connectivity index (χ1) is 16.6. The minimum absolute atomic E-state index is 0.170. The molecule has 2 amide bonds. The highest BCUT2D eigenvalue weighted by Crippen LogP contribution is 2.25. The number of benzene rings is 2. The Morgan fingerprint density at radius 3 is 1.80 bits per heavy atom. The molecule has 186 valence electrons. The average Bonchev–Trinajstić information content (AvgIpc) is 2.86. The van der Waals surface area contributed by atoms with Crippen molar-refractivity contribution in [1.82, 2.24) is 20.9 Å². The second-order valence-corrected chi connectivity index (χ2v) is 7.89.